The molecular formula is C17H18Cl4O2. The molecule has 1 atom stereocenters. The molecule has 0 aromatic heterocycles. The SMILES string of the molecule is CC[C@@](Cl)(C(=O)OC1=C(Cl)CCCC1(Cl)Cl)c1ccccc1C. The van der Waals surface area contributed by atoms with E-state index in [-0.39, 0.29) is 5.76 Å². The molecule has 0 saturated heterocycles. The molecule has 6 heteroatoms. The highest BCUT2D eigenvalue weighted by molar-refractivity contribution is 6.51. The smallest absolute Gasteiger partial charge is 0.337 e. The zero-order chi connectivity index (χ0) is 17.3. The fourth-order valence-electron chi connectivity index (χ4n) is 2.66. The number of carbonyl (C=O) groups excluding carboxylic acids is 1. The molecule has 0 saturated carbocycles. The fraction of sp³-hybridized carbons (Fsp3) is 0.471. The Morgan fingerprint density at radius 2 is 2.00 bits per heavy atom. The predicted octanol–water partition coefficient (Wildman–Crippen LogP) is 6.19. The number of halogens is 4. The van der Waals surface area contributed by atoms with Gasteiger partial charge < -0.3 is 4.74 Å². The minimum atomic E-state index is -1.31. The Morgan fingerprint density at radius 1 is 1.35 bits per heavy atom. The van der Waals surface area contributed by atoms with Gasteiger partial charge in [-0.2, -0.15) is 0 Å². The first-order valence-electron chi connectivity index (χ1n) is 7.46. The Kier molecular flexibility index (Phi) is 5.94. The molecule has 23 heavy (non-hydrogen) atoms. The van der Waals surface area contributed by atoms with Gasteiger partial charge in [-0.15, -0.1) is 11.6 Å². The van der Waals surface area contributed by atoms with Crippen LogP contribution in [0.3, 0.4) is 0 Å². The summed E-state index contributed by atoms with van der Waals surface area (Å²) in [5.41, 5.74) is 1.62. The van der Waals surface area contributed by atoms with Crippen molar-refractivity contribution < 1.29 is 9.53 Å². The van der Waals surface area contributed by atoms with Crippen molar-refractivity contribution in [2.75, 3.05) is 0 Å². The summed E-state index contributed by atoms with van der Waals surface area (Å²) in [6.07, 6.45) is 2.16. The molecule has 2 nitrogen and oxygen atoms in total. The van der Waals surface area contributed by atoms with E-state index in [1.807, 2.05) is 38.1 Å². The van der Waals surface area contributed by atoms with E-state index < -0.39 is 15.2 Å². The first-order valence-corrected chi connectivity index (χ1v) is 8.98. The lowest BCUT2D eigenvalue weighted by Crippen LogP contribution is -2.35. The molecule has 0 aliphatic heterocycles. The van der Waals surface area contributed by atoms with Crippen molar-refractivity contribution >= 4 is 52.4 Å². The predicted molar refractivity (Wildman–Crippen MR) is 96.3 cm³/mol. The van der Waals surface area contributed by atoms with E-state index in [9.17, 15) is 4.79 Å². The molecule has 1 aromatic carbocycles. The average molecular weight is 396 g/mol. The minimum absolute atomic E-state index is 0.103. The van der Waals surface area contributed by atoms with Gasteiger partial charge in [-0.3, -0.25) is 0 Å². The third-order valence-electron chi connectivity index (χ3n) is 4.04. The largest absolute Gasteiger partial charge is 0.425 e. The normalized spacial score (nSPS) is 20.1. The summed E-state index contributed by atoms with van der Waals surface area (Å²) in [6, 6.07) is 7.44. The van der Waals surface area contributed by atoms with Crippen molar-refractivity contribution in [1.29, 1.82) is 0 Å². The van der Waals surface area contributed by atoms with Crippen molar-refractivity contribution in [3.63, 3.8) is 0 Å². The number of benzene rings is 1. The molecule has 0 bridgehead atoms. The summed E-state index contributed by atoms with van der Waals surface area (Å²) in [6.45, 7) is 3.72. The molecule has 0 N–H and O–H groups in total. The summed E-state index contributed by atoms with van der Waals surface area (Å²) in [7, 11) is 0. The van der Waals surface area contributed by atoms with Crippen LogP contribution < -0.4 is 0 Å². The Morgan fingerprint density at radius 3 is 2.57 bits per heavy atom. The molecule has 1 aromatic rings. The highest BCUT2D eigenvalue weighted by Crippen LogP contribution is 2.46. The van der Waals surface area contributed by atoms with Gasteiger partial charge in [0.25, 0.3) is 0 Å². The first kappa shape index (κ1) is 18.9. The van der Waals surface area contributed by atoms with Crippen LogP contribution in [0.2, 0.25) is 0 Å². The molecule has 0 fully saturated rings. The maximum atomic E-state index is 12.8. The third-order valence-corrected chi connectivity index (χ3v) is 5.75. The summed E-state index contributed by atoms with van der Waals surface area (Å²) in [4.78, 5) is 11.5. The lowest BCUT2D eigenvalue weighted by atomic mass is 9.91. The second-order valence-electron chi connectivity index (χ2n) is 5.65. The van der Waals surface area contributed by atoms with Crippen LogP contribution >= 0.6 is 46.4 Å². The van der Waals surface area contributed by atoms with Crippen LogP contribution in [0.4, 0.5) is 0 Å². The zero-order valence-electron chi connectivity index (χ0n) is 13.0. The van der Waals surface area contributed by atoms with Gasteiger partial charge in [-0.25, -0.2) is 4.79 Å². The molecule has 0 heterocycles. The van der Waals surface area contributed by atoms with Gasteiger partial charge >= 0.3 is 5.97 Å². The molecule has 1 aliphatic rings. The van der Waals surface area contributed by atoms with E-state index in [2.05, 4.69) is 0 Å². The Balaban J connectivity index is 2.36. The van der Waals surface area contributed by atoms with Crippen molar-refractivity contribution in [2.45, 2.75) is 48.7 Å². The molecule has 126 valence electrons. The molecule has 0 unspecified atom stereocenters. The van der Waals surface area contributed by atoms with Crippen LogP contribution in [0.1, 0.15) is 43.7 Å². The number of rotatable bonds is 4. The number of allylic oxidation sites excluding steroid dienone is 2. The van der Waals surface area contributed by atoms with Crippen LogP contribution in [-0.4, -0.2) is 10.3 Å². The number of alkyl halides is 3. The van der Waals surface area contributed by atoms with Gasteiger partial charge in [-0.1, -0.05) is 66.0 Å². The Labute approximate surface area is 156 Å². The van der Waals surface area contributed by atoms with Crippen LogP contribution in [-0.2, 0) is 14.4 Å². The van der Waals surface area contributed by atoms with Gasteiger partial charge in [0.15, 0.2) is 15.0 Å². The second-order valence-corrected chi connectivity index (χ2v) is 8.24. The van der Waals surface area contributed by atoms with Crippen LogP contribution in [0.25, 0.3) is 0 Å². The molecule has 0 radical (unpaired) electrons. The molecule has 0 amide bonds. The number of carbonyl (C=O) groups is 1. The van der Waals surface area contributed by atoms with E-state index in [4.69, 9.17) is 51.1 Å². The fourth-order valence-corrected chi connectivity index (χ4v) is 3.91. The molecule has 0 spiro atoms. The highest BCUT2D eigenvalue weighted by atomic mass is 35.5. The Hall–Kier alpha value is -0.410. The van der Waals surface area contributed by atoms with Crippen LogP contribution in [0.5, 0.6) is 0 Å². The van der Waals surface area contributed by atoms with Crippen molar-refractivity contribution in [3.8, 4) is 0 Å². The van der Waals surface area contributed by atoms with Gasteiger partial charge in [-0.05, 0) is 43.7 Å². The summed E-state index contributed by atoms with van der Waals surface area (Å²) < 4.78 is 4.19. The van der Waals surface area contributed by atoms with Gasteiger partial charge in [0, 0.05) is 0 Å². The van der Waals surface area contributed by atoms with E-state index in [0.29, 0.717) is 29.9 Å². The van der Waals surface area contributed by atoms with E-state index in [0.717, 1.165) is 12.0 Å². The monoisotopic (exact) mass is 394 g/mol. The first-order chi connectivity index (χ1) is 10.7. The van der Waals surface area contributed by atoms with Crippen molar-refractivity contribution in [1.82, 2.24) is 0 Å². The van der Waals surface area contributed by atoms with Gasteiger partial charge in [0.2, 0.25) is 0 Å². The standard InChI is InChI=1S/C17H18Cl4O2/c1-3-16(19,12-8-5-4-7-11(12)2)15(22)23-14-13(18)9-6-10-17(14,20)21/h4-5,7-8H,3,6,9-10H2,1-2H3/t16-/m0/s1. The van der Waals surface area contributed by atoms with Crippen LogP contribution in [0.15, 0.2) is 35.1 Å². The number of aryl methyl sites for hydroxylation is 1. The topological polar surface area (TPSA) is 26.3 Å². The minimum Gasteiger partial charge on any atom is -0.425 e. The number of hydrogen-bond acceptors (Lipinski definition) is 2. The summed E-state index contributed by atoms with van der Waals surface area (Å²) in [5.74, 6) is -0.512. The highest BCUT2D eigenvalue weighted by Gasteiger charge is 2.44. The summed E-state index contributed by atoms with van der Waals surface area (Å²) >= 11 is 25.3. The lowest BCUT2D eigenvalue weighted by molar-refractivity contribution is -0.143. The second kappa shape index (κ2) is 7.23. The van der Waals surface area contributed by atoms with E-state index in [1.54, 1.807) is 0 Å². The maximum absolute atomic E-state index is 12.8. The number of hydrogen-bond donors (Lipinski definition) is 0. The molecule has 1 aliphatic carbocycles. The molecule has 2 rings (SSSR count). The van der Waals surface area contributed by atoms with Crippen molar-refractivity contribution in [2.24, 2.45) is 0 Å². The summed E-state index contributed by atoms with van der Waals surface area (Å²) in [5, 5.41) is 0.370. The number of esters is 1. The third kappa shape index (κ3) is 3.82. The lowest BCUT2D eigenvalue weighted by Gasteiger charge is -2.31. The number of ether oxygens (including phenoxy) is 1. The maximum Gasteiger partial charge on any atom is 0.337 e. The van der Waals surface area contributed by atoms with Crippen molar-refractivity contribution in [3.05, 3.63) is 46.2 Å². The Bertz CT molecular complexity index is 639. The molecular weight excluding hydrogens is 378 g/mol. The van der Waals surface area contributed by atoms with E-state index in [1.165, 1.54) is 0 Å². The van der Waals surface area contributed by atoms with Crippen LogP contribution in [0, 0.1) is 6.92 Å². The van der Waals surface area contributed by atoms with E-state index >= 15 is 0 Å². The van der Waals surface area contributed by atoms with Gasteiger partial charge in [0.1, 0.15) is 0 Å². The average Bonchev–Trinajstić information content (AvgIpc) is 2.50. The zero-order valence-corrected chi connectivity index (χ0v) is 16.0. The van der Waals surface area contributed by atoms with Gasteiger partial charge in [0.05, 0.1) is 5.03 Å². The quantitative estimate of drug-likeness (QED) is 0.448.